The average molecular weight is 351 g/mol. The van der Waals surface area contributed by atoms with E-state index in [9.17, 15) is 10.1 Å². The maximum absolute atomic E-state index is 11.1. The Morgan fingerprint density at radius 3 is 3.00 bits per heavy atom. The number of anilines is 1. The van der Waals surface area contributed by atoms with Crippen LogP contribution in [0.1, 0.15) is 18.4 Å². The molecule has 130 valence electrons. The molecule has 1 aliphatic rings. The van der Waals surface area contributed by atoms with E-state index in [2.05, 4.69) is 15.8 Å². The van der Waals surface area contributed by atoms with Gasteiger partial charge in [-0.05, 0) is 31.1 Å². The van der Waals surface area contributed by atoms with E-state index in [0.717, 1.165) is 19.4 Å². The number of nitrogens with one attached hydrogen (secondary N) is 2. The third kappa shape index (κ3) is 5.14. The molecule has 2 rings (SSSR count). The number of ether oxygens (including phenoxy) is 1. The summed E-state index contributed by atoms with van der Waals surface area (Å²) in [6, 6.07) is 4.92. The zero-order valence-electron chi connectivity index (χ0n) is 13.7. The Labute approximate surface area is 146 Å². The number of thiocarbonyl (C=S) groups is 1. The second kappa shape index (κ2) is 8.55. The molecule has 24 heavy (non-hydrogen) atoms. The Hall–Kier alpha value is -2.26. The second-order valence-electron chi connectivity index (χ2n) is 5.61. The molecule has 0 aliphatic carbocycles. The standard InChI is InChI=1S/C15H21N5O3S/c1-19(2)13-6-5-11(8-14(13)20(21)22)9-17-18-15(24)16-10-12-4-3-7-23-12/h5-6,8-9,12H,3-4,7,10H2,1-2H3,(H2,16,18,24)/b17-9-/t12-/m0/s1. The van der Waals surface area contributed by atoms with Gasteiger partial charge in [-0.2, -0.15) is 5.10 Å². The van der Waals surface area contributed by atoms with Gasteiger partial charge in [-0.25, -0.2) is 0 Å². The van der Waals surface area contributed by atoms with Gasteiger partial charge < -0.3 is 15.0 Å². The highest BCUT2D eigenvalue weighted by atomic mass is 32.1. The van der Waals surface area contributed by atoms with Crippen LogP contribution in [0.3, 0.4) is 0 Å². The monoisotopic (exact) mass is 351 g/mol. The summed E-state index contributed by atoms with van der Waals surface area (Å²) < 4.78 is 5.49. The van der Waals surface area contributed by atoms with Gasteiger partial charge in [0, 0.05) is 38.9 Å². The van der Waals surface area contributed by atoms with Gasteiger partial charge in [-0.1, -0.05) is 6.07 Å². The summed E-state index contributed by atoms with van der Waals surface area (Å²) in [4.78, 5) is 12.4. The molecule has 1 atom stereocenters. The van der Waals surface area contributed by atoms with E-state index in [-0.39, 0.29) is 11.8 Å². The number of benzene rings is 1. The van der Waals surface area contributed by atoms with Crippen molar-refractivity contribution in [2.24, 2.45) is 5.10 Å². The van der Waals surface area contributed by atoms with Crippen LogP contribution in [0.5, 0.6) is 0 Å². The van der Waals surface area contributed by atoms with Crippen molar-refractivity contribution in [3.63, 3.8) is 0 Å². The minimum Gasteiger partial charge on any atom is -0.376 e. The zero-order chi connectivity index (χ0) is 17.5. The summed E-state index contributed by atoms with van der Waals surface area (Å²) >= 11 is 5.12. The van der Waals surface area contributed by atoms with Crippen molar-refractivity contribution in [2.75, 3.05) is 32.1 Å². The maximum Gasteiger partial charge on any atom is 0.293 e. The lowest BCUT2D eigenvalue weighted by molar-refractivity contribution is -0.384. The Kier molecular flexibility index (Phi) is 6.44. The van der Waals surface area contributed by atoms with E-state index < -0.39 is 4.92 Å². The topological polar surface area (TPSA) is 92.0 Å². The SMILES string of the molecule is CN(C)c1ccc(/C=N\NC(=S)NC[C@@H]2CCCO2)cc1[N+](=O)[O-]. The van der Waals surface area contributed by atoms with Crippen LogP contribution in [0.4, 0.5) is 11.4 Å². The first-order valence-corrected chi connectivity index (χ1v) is 8.02. The summed E-state index contributed by atoms with van der Waals surface area (Å²) in [5, 5.41) is 18.6. The van der Waals surface area contributed by atoms with Crippen LogP contribution in [-0.4, -0.2) is 49.6 Å². The van der Waals surface area contributed by atoms with Gasteiger partial charge in [-0.15, -0.1) is 0 Å². The highest BCUT2D eigenvalue weighted by Crippen LogP contribution is 2.27. The van der Waals surface area contributed by atoms with E-state index in [1.807, 2.05) is 0 Å². The number of nitro groups is 1. The van der Waals surface area contributed by atoms with Crippen LogP contribution in [0.2, 0.25) is 0 Å². The number of hydrogen-bond donors (Lipinski definition) is 2. The summed E-state index contributed by atoms with van der Waals surface area (Å²) in [6.07, 6.45) is 3.79. The predicted molar refractivity (Wildman–Crippen MR) is 97.7 cm³/mol. The molecule has 0 amide bonds. The Morgan fingerprint density at radius 1 is 1.58 bits per heavy atom. The molecule has 1 fully saturated rings. The van der Waals surface area contributed by atoms with Gasteiger partial charge in [0.05, 0.1) is 17.2 Å². The van der Waals surface area contributed by atoms with Crippen molar-refractivity contribution in [3.05, 3.63) is 33.9 Å². The minimum absolute atomic E-state index is 0.0306. The Bertz CT molecular complexity index is 630. The van der Waals surface area contributed by atoms with E-state index in [1.165, 1.54) is 12.3 Å². The predicted octanol–water partition coefficient (Wildman–Crippen LogP) is 1.64. The lowest BCUT2D eigenvalue weighted by Crippen LogP contribution is -2.37. The van der Waals surface area contributed by atoms with Crippen molar-refractivity contribution in [2.45, 2.75) is 18.9 Å². The van der Waals surface area contributed by atoms with Crippen LogP contribution in [0, 0.1) is 10.1 Å². The number of nitro benzene ring substituents is 1. The molecule has 0 bridgehead atoms. The van der Waals surface area contributed by atoms with Crippen molar-refractivity contribution in [3.8, 4) is 0 Å². The molecule has 0 unspecified atom stereocenters. The first-order chi connectivity index (χ1) is 11.5. The fraction of sp³-hybridized carbons (Fsp3) is 0.467. The largest absolute Gasteiger partial charge is 0.376 e. The van der Waals surface area contributed by atoms with Gasteiger partial charge in [0.15, 0.2) is 5.11 Å². The summed E-state index contributed by atoms with van der Waals surface area (Å²) in [5.41, 5.74) is 3.88. The van der Waals surface area contributed by atoms with Crippen molar-refractivity contribution >= 4 is 34.9 Å². The van der Waals surface area contributed by atoms with Gasteiger partial charge in [0.25, 0.3) is 5.69 Å². The number of hydrazone groups is 1. The second-order valence-corrected chi connectivity index (χ2v) is 6.02. The fourth-order valence-corrected chi connectivity index (χ4v) is 2.50. The molecular weight excluding hydrogens is 330 g/mol. The molecule has 0 radical (unpaired) electrons. The lowest BCUT2D eigenvalue weighted by atomic mass is 10.2. The summed E-state index contributed by atoms with van der Waals surface area (Å²) in [5.74, 6) is 0. The number of hydrogen-bond acceptors (Lipinski definition) is 6. The zero-order valence-corrected chi connectivity index (χ0v) is 14.5. The molecule has 2 N–H and O–H groups in total. The Balaban J connectivity index is 1.90. The quantitative estimate of drug-likeness (QED) is 0.348. The fourth-order valence-electron chi connectivity index (χ4n) is 2.36. The highest BCUT2D eigenvalue weighted by Gasteiger charge is 2.16. The van der Waals surface area contributed by atoms with Gasteiger partial charge in [0.1, 0.15) is 5.69 Å². The van der Waals surface area contributed by atoms with Gasteiger partial charge >= 0.3 is 0 Å². The van der Waals surface area contributed by atoms with Crippen molar-refractivity contribution in [1.29, 1.82) is 0 Å². The van der Waals surface area contributed by atoms with Gasteiger partial charge in [-0.3, -0.25) is 15.5 Å². The minimum atomic E-state index is -0.409. The highest BCUT2D eigenvalue weighted by molar-refractivity contribution is 7.80. The maximum atomic E-state index is 11.1. The smallest absolute Gasteiger partial charge is 0.293 e. The van der Waals surface area contributed by atoms with E-state index in [1.54, 1.807) is 31.1 Å². The third-order valence-electron chi connectivity index (χ3n) is 3.57. The van der Waals surface area contributed by atoms with E-state index >= 15 is 0 Å². The summed E-state index contributed by atoms with van der Waals surface area (Å²) in [6.45, 7) is 1.44. The van der Waals surface area contributed by atoms with Crippen LogP contribution >= 0.6 is 12.2 Å². The number of rotatable bonds is 6. The Morgan fingerprint density at radius 2 is 2.38 bits per heavy atom. The molecule has 0 saturated carbocycles. The van der Waals surface area contributed by atoms with Crippen LogP contribution < -0.4 is 15.6 Å². The summed E-state index contributed by atoms with van der Waals surface area (Å²) in [7, 11) is 3.52. The van der Waals surface area contributed by atoms with E-state index in [0.29, 0.717) is 22.9 Å². The lowest BCUT2D eigenvalue weighted by Gasteiger charge is -2.13. The molecule has 0 aromatic heterocycles. The van der Waals surface area contributed by atoms with Crippen LogP contribution in [0.25, 0.3) is 0 Å². The first-order valence-electron chi connectivity index (χ1n) is 7.61. The van der Waals surface area contributed by atoms with Crippen LogP contribution in [-0.2, 0) is 4.74 Å². The molecule has 1 aromatic rings. The third-order valence-corrected chi connectivity index (χ3v) is 3.81. The molecule has 1 heterocycles. The van der Waals surface area contributed by atoms with Crippen LogP contribution in [0.15, 0.2) is 23.3 Å². The van der Waals surface area contributed by atoms with Crippen molar-refractivity contribution in [1.82, 2.24) is 10.7 Å². The number of nitrogens with zero attached hydrogens (tertiary/aromatic N) is 3. The molecule has 0 spiro atoms. The van der Waals surface area contributed by atoms with Gasteiger partial charge in [0.2, 0.25) is 0 Å². The average Bonchev–Trinajstić information content (AvgIpc) is 3.06. The first kappa shape index (κ1) is 18.1. The molecule has 1 aromatic carbocycles. The molecule has 1 aliphatic heterocycles. The molecule has 1 saturated heterocycles. The van der Waals surface area contributed by atoms with Crippen molar-refractivity contribution < 1.29 is 9.66 Å². The van der Waals surface area contributed by atoms with E-state index in [4.69, 9.17) is 17.0 Å². The molecular formula is C15H21N5O3S. The normalized spacial score (nSPS) is 17.0. The molecule has 8 nitrogen and oxygen atoms in total. The molecule has 9 heteroatoms.